The van der Waals surface area contributed by atoms with E-state index in [1.54, 1.807) is 0 Å². The quantitative estimate of drug-likeness (QED) is 0.603. The van der Waals surface area contributed by atoms with Crippen molar-refractivity contribution in [3.63, 3.8) is 0 Å². The highest BCUT2D eigenvalue weighted by Gasteiger charge is 2.26. The number of amides is 1. The van der Waals surface area contributed by atoms with Gasteiger partial charge in [0.2, 0.25) is 0 Å². The van der Waals surface area contributed by atoms with Crippen molar-refractivity contribution in [2.75, 3.05) is 32.7 Å². The van der Waals surface area contributed by atoms with Gasteiger partial charge in [0.15, 0.2) is 6.54 Å². The molecule has 156 valence electrons. The first kappa shape index (κ1) is 20.3. The Morgan fingerprint density at radius 3 is 2.20 bits per heavy atom. The fraction of sp³-hybridized carbons (Fsp3) is 0.333. The molecule has 0 unspecified atom stereocenters. The third-order valence-electron chi connectivity index (χ3n) is 5.78. The Bertz CT molecular complexity index is 895. The molecule has 0 spiro atoms. The summed E-state index contributed by atoms with van der Waals surface area (Å²) in [6.07, 6.45) is 0. The summed E-state index contributed by atoms with van der Waals surface area (Å²) < 4.78 is 5.16. The van der Waals surface area contributed by atoms with Gasteiger partial charge in [-0.25, -0.2) is 0 Å². The van der Waals surface area contributed by atoms with E-state index in [4.69, 9.17) is 4.52 Å². The molecular formula is C24H30N4O2+2. The first-order valence-electron chi connectivity index (χ1n) is 10.7. The number of quaternary nitrogens is 2. The molecule has 1 saturated heterocycles. The summed E-state index contributed by atoms with van der Waals surface area (Å²) in [7, 11) is 0. The molecule has 4 rings (SSSR count). The van der Waals surface area contributed by atoms with Crippen molar-refractivity contribution in [1.29, 1.82) is 0 Å². The molecule has 3 N–H and O–H groups in total. The minimum Gasteiger partial charge on any atom is -0.361 e. The third-order valence-corrected chi connectivity index (χ3v) is 5.78. The standard InChI is InChI=1S/C24H28N4O2/c1-19-16-22(26-30-19)18-27-12-14-28(15-13-27)23(29)17-25-24(20-8-4-2-5-9-20)21-10-6-3-7-11-21/h2-11,16,24-25H,12-15,17-18H2,1H3/p+2. The zero-order valence-corrected chi connectivity index (χ0v) is 17.5. The van der Waals surface area contributed by atoms with E-state index in [2.05, 4.69) is 59.0 Å². The van der Waals surface area contributed by atoms with Crippen LogP contribution in [0.3, 0.4) is 0 Å². The van der Waals surface area contributed by atoms with Crippen LogP contribution in [0.15, 0.2) is 71.3 Å². The van der Waals surface area contributed by atoms with Gasteiger partial charge < -0.3 is 19.6 Å². The second-order valence-electron chi connectivity index (χ2n) is 7.98. The Balaban J connectivity index is 1.32. The monoisotopic (exact) mass is 406 g/mol. The molecule has 2 heterocycles. The van der Waals surface area contributed by atoms with Crippen LogP contribution in [0.2, 0.25) is 0 Å². The summed E-state index contributed by atoms with van der Waals surface area (Å²) in [5, 5.41) is 6.25. The number of benzene rings is 2. The van der Waals surface area contributed by atoms with E-state index in [1.165, 1.54) is 16.0 Å². The number of piperazine rings is 1. The van der Waals surface area contributed by atoms with Gasteiger partial charge in [0.05, 0.1) is 26.2 Å². The molecule has 30 heavy (non-hydrogen) atoms. The number of rotatable bonds is 7. The smallest absolute Gasteiger partial charge is 0.278 e. The number of nitrogens with one attached hydrogen (secondary N) is 1. The number of nitrogens with two attached hydrogens (primary N) is 1. The Labute approximate surface area is 177 Å². The van der Waals surface area contributed by atoms with Crippen LogP contribution in [0.5, 0.6) is 0 Å². The summed E-state index contributed by atoms with van der Waals surface area (Å²) in [4.78, 5) is 16.3. The highest BCUT2D eigenvalue weighted by molar-refractivity contribution is 5.77. The molecule has 0 saturated carbocycles. The Morgan fingerprint density at radius 2 is 1.67 bits per heavy atom. The zero-order chi connectivity index (χ0) is 20.8. The molecule has 1 amide bonds. The van der Waals surface area contributed by atoms with Crippen LogP contribution < -0.4 is 10.2 Å². The molecule has 0 bridgehead atoms. The number of aromatic nitrogens is 1. The van der Waals surface area contributed by atoms with Gasteiger partial charge in [-0.05, 0) is 6.92 Å². The van der Waals surface area contributed by atoms with Crippen LogP contribution in [0.1, 0.15) is 28.6 Å². The van der Waals surface area contributed by atoms with Gasteiger partial charge in [-0.2, -0.15) is 0 Å². The van der Waals surface area contributed by atoms with Crippen molar-refractivity contribution in [2.24, 2.45) is 0 Å². The fourth-order valence-electron chi connectivity index (χ4n) is 4.14. The number of carbonyl (C=O) groups is 1. The number of nitrogens with zero attached hydrogens (tertiary/aromatic N) is 2. The number of aryl methyl sites for hydroxylation is 1. The average Bonchev–Trinajstić information content (AvgIpc) is 3.20. The Morgan fingerprint density at radius 1 is 1.07 bits per heavy atom. The summed E-state index contributed by atoms with van der Waals surface area (Å²) >= 11 is 0. The molecule has 6 nitrogen and oxygen atoms in total. The van der Waals surface area contributed by atoms with Crippen LogP contribution in [-0.4, -0.2) is 48.7 Å². The molecule has 6 heteroatoms. The predicted octanol–water partition coefficient (Wildman–Crippen LogP) is 0.563. The van der Waals surface area contributed by atoms with Crippen molar-refractivity contribution >= 4 is 5.91 Å². The van der Waals surface area contributed by atoms with E-state index in [9.17, 15) is 4.79 Å². The van der Waals surface area contributed by atoms with Crippen molar-refractivity contribution in [3.05, 3.63) is 89.3 Å². The van der Waals surface area contributed by atoms with Crippen molar-refractivity contribution in [2.45, 2.75) is 19.5 Å². The van der Waals surface area contributed by atoms with E-state index in [0.29, 0.717) is 6.54 Å². The molecule has 3 aromatic rings. The summed E-state index contributed by atoms with van der Waals surface area (Å²) in [6.45, 7) is 6.69. The minimum atomic E-state index is 0.124. The number of carbonyl (C=O) groups excluding carboxylic acids is 1. The van der Waals surface area contributed by atoms with Crippen LogP contribution in [0.25, 0.3) is 0 Å². The van der Waals surface area contributed by atoms with E-state index < -0.39 is 0 Å². The Kier molecular flexibility index (Phi) is 6.57. The lowest BCUT2D eigenvalue weighted by Gasteiger charge is -2.31. The number of hydrogen-bond acceptors (Lipinski definition) is 3. The van der Waals surface area contributed by atoms with Crippen molar-refractivity contribution in [3.8, 4) is 0 Å². The molecular weight excluding hydrogens is 376 g/mol. The van der Waals surface area contributed by atoms with Gasteiger partial charge in [0, 0.05) is 17.2 Å². The molecule has 1 aliphatic rings. The van der Waals surface area contributed by atoms with Gasteiger partial charge in [-0.15, -0.1) is 0 Å². The van der Waals surface area contributed by atoms with E-state index in [-0.39, 0.29) is 11.9 Å². The predicted molar refractivity (Wildman–Crippen MR) is 114 cm³/mol. The van der Waals surface area contributed by atoms with E-state index >= 15 is 0 Å². The average molecular weight is 407 g/mol. The second-order valence-corrected chi connectivity index (χ2v) is 7.98. The maximum Gasteiger partial charge on any atom is 0.278 e. The SMILES string of the molecule is Cc1cc(C[NH+]2CCN(C(=O)C[NH2+]C(c3ccccc3)c3ccccc3)CC2)no1. The fourth-order valence-corrected chi connectivity index (χ4v) is 4.14. The highest BCUT2D eigenvalue weighted by atomic mass is 16.5. The zero-order valence-electron chi connectivity index (χ0n) is 17.5. The van der Waals surface area contributed by atoms with Gasteiger partial charge in [-0.3, -0.25) is 4.79 Å². The second kappa shape index (κ2) is 9.69. The molecule has 1 aromatic heterocycles. The first-order chi connectivity index (χ1) is 14.7. The lowest BCUT2D eigenvalue weighted by atomic mass is 9.99. The van der Waals surface area contributed by atoms with Gasteiger partial charge in [0.25, 0.3) is 5.91 Å². The molecule has 0 atom stereocenters. The molecule has 1 aliphatic heterocycles. The van der Waals surface area contributed by atoms with Crippen LogP contribution in [0.4, 0.5) is 0 Å². The lowest BCUT2D eigenvalue weighted by molar-refractivity contribution is -0.918. The van der Waals surface area contributed by atoms with Crippen LogP contribution in [-0.2, 0) is 11.3 Å². The molecule has 0 aliphatic carbocycles. The maximum atomic E-state index is 12.9. The minimum absolute atomic E-state index is 0.124. The molecule has 2 aromatic carbocycles. The van der Waals surface area contributed by atoms with Gasteiger partial charge in [-0.1, -0.05) is 65.8 Å². The molecule has 0 radical (unpaired) electrons. The van der Waals surface area contributed by atoms with Crippen molar-refractivity contribution in [1.82, 2.24) is 10.1 Å². The van der Waals surface area contributed by atoms with Crippen molar-refractivity contribution < 1.29 is 19.5 Å². The van der Waals surface area contributed by atoms with E-state index in [0.717, 1.165) is 44.2 Å². The van der Waals surface area contributed by atoms with Crippen LogP contribution >= 0.6 is 0 Å². The first-order valence-corrected chi connectivity index (χ1v) is 10.7. The number of hydrogen-bond donors (Lipinski definition) is 2. The highest BCUT2D eigenvalue weighted by Crippen LogP contribution is 2.17. The van der Waals surface area contributed by atoms with Gasteiger partial charge in [0.1, 0.15) is 24.0 Å². The topological polar surface area (TPSA) is 67.4 Å². The van der Waals surface area contributed by atoms with Crippen LogP contribution in [0, 0.1) is 6.92 Å². The molecule has 1 fully saturated rings. The normalized spacial score (nSPS) is 14.9. The summed E-state index contributed by atoms with van der Waals surface area (Å²) in [6, 6.07) is 22.9. The lowest BCUT2D eigenvalue weighted by Crippen LogP contribution is -3.13. The third kappa shape index (κ3) is 5.14. The summed E-state index contributed by atoms with van der Waals surface area (Å²) in [5.41, 5.74) is 3.42. The maximum absolute atomic E-state index is 12.9. The largest absolute Gasteiger partial charge is 0.361 e. The summed E-state index contributed by atoms with van der Waals surface area (Å²) in [5.74, 6) is 1.06. The van der Waals surface area contributed by atoms with Gasteiger partial charge >= 0.3 is 0 Å². The van der Waals surface area contributed by atoms with E-state index in [1.807, 2.05) is 30.0 Å². The Hall–Kier alpha value is -2.96.